The number of rotatable bonds is 0. The largest absolute Gasteiger partial charge is 0.416 e. The Hall–Kier alpha value is -0.990. The highest BCUT2D eigenvalue weighted by atomic mass is 19.4. The van der Waals surface area contributed by atoms with E-state index in [1.165, 1.54) is 6.07 Å². The van der Waals surface area contributed by atoms with Crippen LogP contribution in [0.3, 0.4) is 0 Å². The molecule has 1 aromatic rings. The van der Waals surface area contributed by atoms with Crippen molar-refractivity contribution < 1.29 is 13.2 Å². The summed E-state index contributed by atoms with van der Waals surface area (Å²) in [5, 5.41) is 0. The Morgan fingerprint density at radius 3 is 1.90 bits per heavy atom. The van der Waals surface area contributed by atoms with Crippen LogP contribution >= 0.6 is 0 Å². The smallest absolute Gasteiger partial charge is 0.166 e. The van der Waals surface area contributed by atoms with E-state index in [1.807, 2.05) is 0 Å². The van der Waals surface area contributed by atoms with Crippen molar-refractivity contribution in [1.29, 1.82) is 0 Å². The Kier molecular flexibility index (Phi) is 1.66. The van der Waals surface area contributed by atoms with Gasteiger partial charge in [0.05, 0.1) is 5.56 Å². The Labute approximate surface area is 56.3 Å². The molecule has 0 saturated carbocycles. The van der Waals surface area contributed by atoms with Crippen LogP contribution in [0.2, 0.25) is 0 Å². The number of hydrogen-bond donors (Lipinski definition) is 0. The van der Waals surface area contributed by atoms with Gasteiger partial charge in [0.15, 0.2) is 0 Å². The van der Waals surface area contributed by atoms with Gasteiger partial charge in [-0.1, -0.05) is 0 Å². The fourth-order valence-corrected chi connectivity index (χ4v) is 0.516. The first-order valence-electron chi connectivity index (χ1n) is 2.55. The predicted molar refractivity (Wildman–Crippen MR) is 29.1 cm³/mol. The van der Waals surface area contributed by atoms with Crippen LogP contribution in [0.5, 0.6) is 0 Å². The molecular formula is C7H3F3. The van der Waals surface area contributed by atoms with Crippen molar-refractivity contribution >= 4 is 0 Å². The zero-order chi connectivity index (χ0) is 7.61. The van der Waals surface area contributed by atoms with E-state index in [-0.39, 0.29) is 0 Å². The molecule has 0 bridgehead atoms. The van der Waals surface area contributed by atoms with E-state index in [2.05, 4.69) is 12.1 Å². The van der Waals surface area contributed by atoms with Crippen LogP contribution in [-0.4, -0.2) is 0 Å². The lowest BCUT2D eigenvalue weighted by atomic mass is 10.2. The second-order valence-electron chi connectivity index (χ2n) is 1.72. The molecule has 52 valence electrons. The van der Waals surface area contributed by atoms with Gasteiger partial charge in [0.1, 0.15) is 0 Å². The molecule has 0 atom stereocenters. The fourth-order valence-electron chi connectivity index (χ4n) is 0.516. The van der Waals surface area contributed by atoms with Gasteiger partial charge < -0.3 is 0 Å². The van der Waals surface area contributed by atoms with Crippen LogP contribution in [0.25, 0.3) is 0 Å². The lowest BCUT2D eigenvalue weighted by molar-refractivity contribution is -0.137. The van der Waals surface area contributed by atoms with Crippen molar-refractivity contribution in [2.75, 3.05) is 0 Å². The molecule has 0 unspecified atom stereocenters. The van der Waals surface area contributed by atoms with Crippen LogP contribution in [0.4, 0.5) is 13.2 Å². The highest BCUT2D eigenvalue weighted by molar-refractivity contribution is 5.15. The summed E-state index contributed by atoms with van der Waals surface area (Å²) in [6.07, 6.45) is -4.27. The van der Waals surface area contributed by atoms with Gasteiger partial charge in [0, 0.05) is 0 Å². The molecule has 0 N–H and O–H groups in total. The monoisotopic (exact) mass is 144 g/mol. The summed E-state index contributed by atoms with van der Waals surface area (Å²) in [5.74, 6) is 0. The normalized spacial score (nSPS) is 11.5. The van der Waals surface area contributed by atoms with E-state index in [0.717, 1.165) is 12.1 Å². The molecule has 0 nitrogen and oxygen atoms in total. The van der Waals surface area contributed by atoms with Crippen molar-refractivity contribution in [3.63, 3.8) is 0 Å². The standard InChI is InChI=1S/C7H3F3/c8-7(9,10)6-4-2-1-3-5-6/h1,4-5H. The summed E-state index contributed by atoms with van der Waals surface area (Å²) in [5.41, 5.74) is -0.713. The van der Waals surface area contributed by atoms with E-state index >= 15 is 0 Å². The Bertz CT molecular complexity index is 200. The van der Waals surface area contributed by atoms with Gasteiger partial charge in [0.2, 0.25) is 0 Å². The maximum atomic E-state index is 11.7. The highest BCUT2D eigenvalue weighted by Gasteiger charge is 2.29. The number of alkyl halides is 3. The van der Waals surface area contributed by atoms with E-state index < -0.39 is 11.7 Å². The average Bonchev–Trinajstić information content (AvgIpc) is 1.88. The molecule has 0 saturated heterocycles. The van der Waals surface area contributed by atoms with Gasteiger partial charge in [-0.3, -0.25) is 0 Å². The minimum atomic E-state index is -4.27. The van der Waals surface area contributed by atoms with Crippen LogP contribution in [0.1, 0.15) is 5.56 Å². The van der Waals surface area contributed by atoms with Gasteiger partial charge in [-0.05, 0) is 30.3 Å². The number of hydrogen-bond acceptors (Lipinski definition) is 0. The molecule has 1 aromatic carbocycles. The van der Waals surface area contributed by atoms with E-state index in [1.54, 1.807) is 0 Å². The van der Waals surface area contributed by atoms with Crippen LogP contribution in [0.15, 0.2) is 18.2 Å². The van der Waals surface area contributed by atoms with Gasteiger partial charge in [0.25, 0.3) is 0 Å². The maximum absolute atomic E-state index is 11.7. The first kappa shape index (κ1) is 7.12. The second kappa shape index (κ2) is 2.33. The van der Waals surface area contributed by atoms with Crippen molar-refractivity contribution in [2.24, 2.45) is 0 Å². The molecule has 1 rings (SSSR count). The van der Waals surface area contributed by atoms with Gasteiger partial charge in [-0.15, -0.1) is 0 Å². The Morgan fingerprint density at radius 2 is 1.60 bits per heavy atom. The van der Waals surface area contributed by atoms with Gasteiger partial charge >= 0.3 is 6.18 Å². The lowest BCUT2D eigenvalue weighted by Gasteiger charge is -2.03. The lowest BCUT2D eigenvalue weighted by Crippen LogP contribution is -2.03. The predicted octanol–water partition coefficient (Wildman–Crippen LogP) is 2.31. The van der Waals surface area contributed by atoms with Crippen molar-refractivity contribution in [1.82, 2.24) is 0 Å². The summed E-state index contributed by atoms with van der Waals surface area (Å²) >= 11 is 0. The average molecular weight is 144 g/mol. The van der Waals surface area contributed by atoms with Crippen LogP contribution < -0.4 is 0 Å². The number of benzene rings is 1. The molecule has 0 fully saturated rings. The first-order valence-corrected chi connectivity index (χ1v) is 2.55. The second-order valence-corrected chi connectivity index (χ2v) is 1.72. The molecule has 10 heavy (non-hydrogen) atoms. The summed E-state index contributed by atoms with van der Waals surface area (Å²) in [6.45, 7) is 0. The molecule has 0 spiro atoms. The topological polar surface area (TPSA) is 0 Å². The minimum Gasteiger partial charge on any atom is -0.166 e. The summed E-state index contributed by atoms with van der Waals surface area (Å²) in [4.78, 5) is 0. The molecule has 0 amide bonds. The van der Waals surface area contributed by atoms with Crippen molar-refractivity contribution in [3.05, 3.63) is 35.9 Å². The molecule has 0 aliphatic heterocycles. The third-order valence-corrected chi connectivity index (χ3v) is 0.972. The van der Waals surface area contributed by atoms with Crippen molar-refractivity contribution in [2.45, 2.75) is 6.18 Å². The first-order chi connectivity index (χ1) is 4.61. The third-order valence-electron chi connectivity index (χ3n) is 0.972. The fraction of sp³-hybridized carbons (Fsp3) is 0.143. The molecule has 0 aliphatic rings. The maximum Gasteiger partial charge on any atom is 0.416 e. The van der Waals surface area contributed by atoms with Crippen LogP contribution in [-0.2, 0) is 6.18 Å². The minimum absolute atomic E-state index is 0.713. The van der Waals surface area contributed by atoms with E-state index in [4.69, 9.17) is 0 Å². The Balaban J connectivity index is 2.97. The molecular weight excluding hydrogens is 141 g/mol. The zero-order valence-corrected chi connectivity index (χ0v) is 4.87. The summed E-state index contributed by atoms with van der Waals surface area (Å²) < 4.78 is 35.2. The molecule has 3 heteroatoms. The zero-order valence-electron chi connectivity index (χ0n) is 4.87. The SMILES string of the molecule is FC(F)(F)c1c[c]c[c]c1. The van der Waals surface area contributed by atoms with Crippen molar-refractivity contribution in [3.8, 4) is 0 Å². The van der Waals surface area contributed by atoms with E-state index in [0.29, 0.717) is 0 Å². The summed E-state index contributed by atoms with van der Waals surface area (Å²) in [6, 6.07) is 7.66. The highest BCUT2D eigenvalue weighted by Crippen LogP contribution is 2.27. The quantitative estimate of drug-likeness (QED) is 0.524. The van der Waals surface area contributed by atoms with Gasteiger partial charge in [-0.25, -0.2) is 0 Å². The van der Waals surface area contributed by atoms with E-state index in [9.17, 15) is 13.2 Å². The van der Waals surface area contributed by atoms with Crippen LogP contribution in [0, 0.1) is 12.1 Å². The number of halogens is 3. The Morgan fingerprint density at radius 1 is 1.10 bits per heavy atom. The van der Waals surface area contributed by atoms with Gasteiger partial charge in [-0.2, -0.15) is 13.2 Å². The third kappa shape index (κ3) is 1.50. The molecule has 2 radical (unpaired) electrons. The molecule has 0 aliphatic carbocycles. The summed E-state index contributed by atoms with van der Waals surface area (Å²) in [7, 11) is 0. The molecule has 0 aromatic heterocycles. The molecule has 0 heterocycles.